The molecule has 0 aliphatic heterocycles. The monoisotopic (exact) mass is 163 g/mol. The molecule has 0 aliphatic carbocycles. The molecule has 0 fully saturated rings. The van der Waals surface area contributed by atoms with Crippen molar-refractivity contribution >= 4 is 0 Å². The van der Waals surface area contributed by atoms with E-state index in [1.807, 2.05) is 7.05 Å². The number of nitrogens with one attached hydrogen (secondary N) is 1. The van der Waals surface area contributed by atoms with Crippen molar-refractivity contribution in [3.05, 3.63) is 35.4 Å². The van der Waals surface area contributed by atoms with Crippen molar-refractivity contribution in [2.45, 2.75) is 26.3 Å². The van der Waals surface area contributed by atoms with E-state index >= 15 is 0 Å². The summed E-state index contributed by atoms with van der Waals surface area (Å²) in [5, 5.41) is 3.22. The second kappa shape index (κ2) is 4.27. The SMILES string of the molecule is CCc1ccc([C@H](C)NC)cc1. The number of benzene rings is 1. The summed E-state index contributed by atoms with van der Waals surface area (Å²) in [6, 6.07) is 9.24. The minimum Gasteiger partial charge on any atom is -0.313 e. The van der Waals surface area contributed by atoms with Gasteiger partial charge in [0.25, 0.3) is 0 Å². The van der Waals surface area contributed by atoms with Gasteiger partial charge < -0.3 is 5.32 Å². The molecule has 0 spiro atoms. The maximum absolute atomic E-state index is 3.22. The molecule has 0 unspecified atom stereocenters. The van der Waals surface area contributed by atoms with Crippen LogP contribution in [0.25, 0.3) is 0 Å². The van der Waals surface area contributed by atoms with E-state index in [-0.39, 0.29) is 0 Å². The second-order valence-electron chi connectivity index (χ2n) is 3.11. The maximum Gasteiger partial charge on any atom is 0.0289 e. The highest BCUT2D eigenvalue weighted by Crippen LogP contribution is 2.12. The van der Waals surface area contributed by atoms with Crippen LogP contribution in [-0.2, 0) is 6.42 Å². The minimum atomic E-state index is 0.455. The Balaban J connectivity index is 2.77. The van der Waals surface area contributed by atoms with Crippen LogP contribution >= 0.6 is 0 Å². The van der Waals surface area contributed by atoms with E-state index in [9.17, 15) is 0 Å². The van der Waals surface area contributed by atoms with Gasteiger partial charge in [0.2, 0.25) is 0 Å². The average Bonchev–Trinajstić information content (AvgIpc) is 2.17. The summed E-state index contributed by atoms with van der Waals surface area (Å²) in [7, 11) is 1.98. The number of hydrogen-bond donors (Lipinski definition) is 1. The molecule has 0 aromatic heterocycles. The Hall–Kier alpha value is -0.820. The molecule has 1 heteroatoms. The van der Waals surface area contributed by atoms with Gasteiger partial charge in [-0.25, -0.2) is 0 Å². The van der Waals surface area contributed by atoms with Crippen LogP contribution in [0.5, 0.6) is 0 Å². The van der Waals surface area contributed by atoms with Crippen molar-refractivity contribution in [3.8, 4) is 0 Å². The molecule has 1 atom stereocenters. The summed E-state index contributed by atoms with van der Waals surface area (Å²) in [6.45, 7) is 4.34. The normalized spacial score (nSPS) is 12.9. The predicted octanol–water partition coefficient (Wildman–Crippen LogP) is 2.53. The molecule has 0 radical (unpaired) electrons. The molecule has 12 heavy (non-hydrogen) atoms. The molecule has 0 aliphatic rings. The third kappa shape index (κ3) is 2.08. The van der Waals surface area contributed by atoms with Crippen molar-refractivity contribution in [3.63, 3.8) is 0 Å². The smallest absolute Gasteiger partial charge is 0.0289 e. The topological polar surface area (TPSA) is 12.0 Å². The molecule has 1 aromatic carbocycles. The molecule has 0 saturated carbocycles. The van der Waals surface area contributed by atoms with Gasteiger partial charge in [-0.05, 0) is 31.5 Å². The highest BCUT2D eigenvalue weighted by Gasteiger charge is 2.00. The third-order valence-corrected chi connectivity index (χ3v) is 2.32. The van der Waals surface area contributed by atoms with Gasteiger partial charge in [-0.15, -0.1) is 0 Å². The highest BCUT2D eigenvalue weighted by atomic mass is 14.8. The molecule has 1 N–H and O–H groups in total. The van der Waals surface area contributed by atoms with E-state index in [4.69, 9.17) is 0 Å². The molecule has 0 heterocycles. The second-order valence-corrected chi connectivity index (χ2v) is 3.11. The molecular weight excluding hydrogens is 146 g/mol. The summed E-state index contributed by atoms with van der Waals surface area (Å²) in [5.74, 6) is 0. The first-order valence-corrected chi connectivity index (χ1v) is 4.54. The minimum absolute atomic E-state index is 0.455. The van der Waals surface area contributed by atoms with Crippen LogP contribution < -0.4 is 5.32 Å². The number of rotatable bonds is 3. The van der Waals surface area contributed by atoms with E-state index in [1.165, 1.54) is 11.1 Å². The highest BCUT2D eigenvalue weighted by molar-refractivity contribution is 5.24. The van der Waals surface area contributed by atoms with E-state index in [0.29, 0.717) is 6.04 Å². The summed E-state index contributed by atoms with van der Waals surface area (Å²) in [6.07, 6.45) is 1.12. The lowest BCUT2D eigenvalue weighted by Gasteiger charge is -2.10. The largest absolute Gasteiger partial charge is 0.313 e. The molecule has 0 amide bonds. The van der Waals surface area contributed by atoms with Gasteiger partial charge in [0.05, 0.1) is 0 Å². The number of aryl methyl sites for hydroxylation is 1. The Labute approximate surface area is 74.8 Å². The first kappa shape index (κ1) is 9.27. The fraction of sp³-hybridized carbons (Fsp3) is 0.455. The van der Waals surface area contributed by atoms with E-state index in [0.717, 1.165) is 6.42 Å². The predicted molar refractivity (Wildman–Crippen MR) is 53.3 cm³/mol. The average molecular weight is 163 g/mol. The van der Waals surface area contributed by atoms with E-state index in [2.05, 4.69) is 43.4 Å². The Morgan fingerprint density at radius 1 is 1.25 bits per heavy atom. The van der Waals surface area contributed by atoms with Crippen LogP contribution in [-0.4, -0.2) is 7.05 Å². The fourth-order valence-corrected chi connectivity index (χ4v) is 1.21. The molecular formula is C11H17N. The van der Waals surface area contributed by atoms with Gasteiger partial charge >= 0.3 is 0 Å². The summed E-state index contributed by atoms with van der Waals surface area (Å²) < 4.78 is 0. The van der Waals surface area contributed by atoms with Gasteiger partial charge in [-0.3, -0.25) is 0 Å². The van der Waals surface area contributed by atoms with Gasteiger partial charge in [-0.1, -0.05) is 31.2 Å². The fourth-order valence-electron chi connectivity index (χ4n) is 1.21. The molecule has 1 rings (SSSR count). The Morgan fingerprint density at radius 2 is 1.83 bits per heavy atom. The standard InChI is InChI=1S/C11H17N/c1-4-10-5-7-11(8-6-10)9(2)12-3/h5-9,12H,4H2,1-3H3/t9-/m0/s1. The Bertz CT molecular complexity index is 225. The summed E-state index contributed by atoms with van der Waals surface area (Å²) in [5.41, 5.74) is 2.76. The van der Waals surface area contributed by atoms with Crippen LogP contribution in [0.1, 0.15) is 31.0 Å². The zero-order chi connectivity index (χ0) is 8.97. The molecule has 1 aromatic rings. The van der Waals surface area contributed by atoms with Crippen LogP contribution in [0.15, 0.2) is 24.3 Å². The summed E-state index contributed by atoms with van der Waals surface area (Å²) in [4.78, 5) is 0. The quantitative estimate of drug-likeness (QED) is 0.722. The third-order valence-electron chi connectivity index (χ3n) is 2.32. The Morgan fingerprint density at radius 3 is 2.25 bits per heavy atom. The van der Waals surface area contributed by atoms with Gasteiger partial charge in [0.15, 0.2) is 0 Å². The lowest BCUT2D eigenvalue weighted by molar-refractivity contribution is 0.652. The van der Waals surface area contributed by atoms with Crippen LogP contribution in [0, 0.1) is 0 Å². The lowest BCUT2D eigenvalue weighted by atomic mass is 10.1. The van der Waals surface area contributed by atoms with Crippen molar-refractivity contribution in [2.24, 2.45) is 0 Å². The van der Waals surface area contributed by atoms with Crippen molar-refractivity contribution in [1.82, 2.24) is 5.32 Å². The molecule has 0 saturated heterocycles. The first-order chi connectivity index (χ1) is 5.77. The maximum atomic E-state index is 3.22. The lowest BCUT2D eigenvalue weighted by Crippen LogP contribution is -2.11. The van der Waals surface area contributed by atoms with Crippen molar-refractivity contribution < 1.29 is 0 Å². The molecule has 1 nitrogen and oxygen atoms in total. The molecule has 66 valence electrons. The van der Waals surface area contributed by atoms with Crippen LogP contribution in [0.4, 0.5) is 0 Å². The molecule has 0 bridgehead atoms. The zero-order valence-corrected chi connectivity index (χ0v) is 8.09. The van der Waals surface area contributed by atoms with E-state index < -0.39 is 0 Å². The first-order valence-electron chi connectivity index (χ1n) is 4.54. The van der Waals surface area contributed by atoms with Crippen LogP contribution in [0.2, 0.25) is 0 Å². The van der Waals surface area contributed by atoms with Crippen molar-refractivity contribution in [1.29, 1.82) is 0 Å². The van der Waals surface area contributed by atoms with Crippen LogP contribution in [0.3, 0.4) is 0 Å². The van der Waals surface area contributed by atoms with Crippen molar-refractivity contribution in [2.75, 3.05) is 7.05 Å². The Kier molecular flexibility index (Phi) is 3.30. The van der Waals surface area contributed by atoms with Gasteiger partial charge in [-0.2, -0.15) is 0 Å². The van der Waals surface area contributed by atoms with E-state index in [1.54, 1.807) is 0 Å². The zero-order valence-electron chi connectivity index (χ0n) is 8.09. The van der Waals surface area contributed by atoms with Gasteiger partial charge in [0.1, 0.15) is 0 Å². The summed E-state index contributed by atoms with van der Waals surface area (Å²) >= 11 is 0. The van der Waals surface area contributed by atoms with Gasteiger partial charge in [0, 0.05) is 6.04 Å². The number of hydrogen-bond acceptors (Lipinski definition) is 1.